The Morgan fingerprint density at radius 3 is 2.57 bits per heavy atom. The Hall–Kier alpha value is -0.570. The Labute approximate surface area is 86.5 Å². The largest absolute Gasteiger partial charge is 0.466 e. The van der Waals surface area contributed by atoms with Crippen LogP contribution in [0.1, 0.15) is 46.5 Å². The summed E-state index contributed by atoms with van der Waals surface area (Å²) in [6.07, 6.45) is 3.35. The minimum absolute atomic E-state index is 0.211. The SMILES string of the molecule is CCC(C)C(O)CCCCOC(C)=O. The number of ether oxygens (including phenoxy) is 1. The predicted molar refractivity (Wildman–Crippen MR) is 55.9 cm³/mol. The molecule has 0 radical (unpaired) electrons. The van der Waals surface area contributed by atoms with Gasteiger partial charge in [0, 0.05) is 6.92 Å². The highest BCUT2D eigenvalue weighted by Gasteiger charge is 2.11. The molecule has 0 aliphatic rings. The average Bonchev–Trinajstić information content (AvgIpc) is 2.15. The maximum Gasteiger partial charge on any atom is 0.302 e. The maximum absolute atomic E-state index is 10.4. The molecule has 2 unspecified atom stereocenters. The summed E-state index contributed by atoms with van der Waals surface area (Å²) < 4.78 is 4.79. The van der Waals surface area contributed by atoms with Gasteiger partial charge in [0.25, 0.3) is 0 Å². The van der Waals surface area contributed by atoms with E-state index in [4.69, 9.17) is 4.74 Å². The van der Waals surface area contributed by atoms with Gasteiger partial charge in [-0.25, -0.2) is 0 Å². The summed E-state index contributed by atoms with van der Waals surface area (Å²) >= 11 is 0. The molecule has 0 spiro atoms. The zero-order valence-corrected chi connectivity index (χ0v) is 9.45. The molecule has 0 aromatic rings. The van der Waals surface area contributed by atoms with Crippen molar-refractivity contribution in [3.8, 4) is 0 Å². The van der Waals surface area contributed by atoms with E-state index in [0.29, 0.717) is 12.5 Å². The first-order chi connectivity index (χ1) is 6.57. The summed E-state index contributed by atoms with van der Waals surface area (Å²) in [6, 6.07) is 0. The minimum atomic E-state index is -0.229. The van der Waals surface area contributed by atoms with E-state index in [1.807, 2.05) is 0 Å². The third-order valence-corrected chi connectivity index (χ3v) is 2.50. The number of rotatable bonds is 7. The Morgan fingerprint density at radius 2 is 2.07 bits per heavy atom. The highest BCUT2D eigenvalue weighted by atomic mass is 16.5. The molecule has 14 heavy (non-hydrogen) atoms. The summed E-state index contributed by atoms with van der Waals surface area (Å²) in [5, 5.41) is 9.62. The second kappa shape index (κ2) is 7.80. The van der Waals surface area contributed by atoms with Crippen molar-refractivity contribution in [2.45, 2.75) is 52.6 Å². The summed E-state index contributed by atoms with van der Waals surface area (Å²) in [4.78, 5) is 10.4. The van der Waals surface area contributed by atoms with Crippen LogP contribution < -0.4 is 0 Å². The van der Waals surface area contributed by atoms with Gasteiger partial charge in [-0.2, -0.15) is 0 Å². The predicted octanol–water partition coefficient (Wildman–Crippen LogP) is 2.13. The Morgan fingerprint density at radius 1 is 1.43 bits per heavy atom. The van der Waals surface area contributed by atoms with E-state index < -0.39 is 0 Å². The van der Waals surface area contributed by atoms with Gasteiger partial charge in [-0.05, 0) is 25.2 Å². The molecule has 0 bridgehead atoms. The monoisotopic (exact) mass is 202 g/mol. The normalized spacial score (nSPS) is 14.9. The fraction of sp³-hybridized carbons (Fsp3) is 0.909. The van der Waals surface area contributed by atoms with Crippen LogP contribution in [0, 0.1) is 5.92 Å². The number of carbonyl (C=O) groups excluding carboxylic acids is 1. The molecular formula is C11H22O3. The fourth-order valence-corrected chi connectivity index (χ4v) is 1.23. The van der Waals surface area contributed by atoms with Gasteiger partial charge < -0.3 is 9.84 Å². The number of hydrogen-bond acceptors (Lipinski definition) is 3. The van der Waals surface area contributed by atoms with Gasteiger partial charge in [0.15, 0.2) is 0 Å². The van der Waals surface area contributed by atoms with Gasteiger partial charge in [0.1, 0.15) is 0 Å². The molecule has 3 heteroatoms. The molecule has 0 aromatic heterocycles. The smallest absolute Gasteiger partial charge is 0.302 e. The summed E-state index contributed by atoms with van der Waals surface area (Å²) in [7, 11) is 0. The van der Waals surface area contributed by atoms with E-state index in [0.717, 1.165) is 25.7 Å². The van der Waals surface area contributed by atoms with Crippen molar-refractivity contribution in [1.82, 2.24) is 0 Å². The second-order valence-corrected chi connectivity index (χ2v) is 3.79. The number of esters is 1. The highest BCUT2D eigenvalue weighted by Crippen LogP contribution is 2.13. The molecule has 0 amide bonds. The number of unbranched alkanes of at least 4 members (excludes halogenated alkanes) is 1. The van der Waals surface area contributed by atoms with Gasteiger partial charge in [-0.15, -0.1) is 0 Å². The van der Waals surface area contributed by atoms with Crippen LogP contribution in [0.3, 0.4) is 0 Å². The molecule has 0 aliphatic carbocycles. The topological polar surface area (TPSA) is 46.5 Å². The molecule has 0 saturated heterocycles. The molecule has 3 nitrogen and oxygen atoms in total. The molecule has 0 heterocycles. The average molecular weight is 202 g/mol. The molecule has 0 aliphatic heterocycles. The lowest BCUT2D eigenvalue weighted by molar-refractivity contribution is -0.141. The molecule has 0 rings (SSSR count). The van der Waals surface area contributed by atoms with Crippen LogP contribution in [0.15, 0.2) is 0 Å². The first-order valence-electron chi connectivity index (χ1n) is 5.39. The molecule has 0 aromatic carbocycles. The molecule has 2 atom stereocenters. The van der Waals surface area contributed by atoms with Crippen molar-refractivity contribution >= 4 is 5.97 Å². The van der Waals surface area contributed by atoms with E-state index in [2.05, 4.69) is 13.8 Å². The van der Waals surface area contributed by atoms with Crippen molar-refractivity contribution in [2.75, 3.05) is 6.61 Å². The molecule has 1 N–H and O–H groups in total. The van der Waals surface area contributed by atoms with E-state index in [9.17, 15) is 9.90 Å². The van der Waals surface area contributed by atoms with Gasteiger partial charge >= 0.3 is 5.97 Å². The number of carbonyl (C=O) groups is 1. The lowest BCUT2D eigenvalue weighted by Crippen LogP contribution is -2.16. The molecule has 0 saturated carbocycles. The van der Waals surface area contributed by atoms with Crippen molar-refractivity contribution in [3.63, 3.8) is 0 Å². The Kier molecular flexibility index (Phi) is 7.48. The summed E-state index contributed by atoms with van der Waals surface area (Å²) in [6.45, 7) is 6.01. The van der Waals surface area contributed by atoms with E-state index in [1.54, 1.807) is 0 Å². The van der Waals surface area contributed by atoms with E-state index in [1.165, 1.54) is 6.92 Å². The van der Waals surface area contributed by atoms with Crippen LogP contribution in [0.25, 0.3) is 0 Å². The number of hydrogen-bond donors (Lipinski definition) is 1. The third-order valence-electron chi connectivity index (χ3n) is 2.50. The first-order valence-corrected chi connectivity index (χ1v) is 5.39. The van der Waals surface area contributed by atoms with Gasteiger partial charge in [0.05, 0.1) is 12.7 Å². The lowest BCUT2D eigenvalue weighted by Gasteiger charge is -2.16. The van der Waals surface area contributed by atoms with Crippen molar-refractivity contribution in [1.29, 1.82) is 0 Å². The van der Waals surface area contributed by atoms with E-state index >= 15 is 0 Å². The Balaban J connectivity index is 3.31. The standard InChI is InChI=1S/C11H22O3/c1-4-9(2)11(13)7-5-6-8-14-10(3)12/h9,11,13H,4-8H2,1-3H3. The molecule has 84 valence electrons. The lowest BCUT2D eigenvalue weighted by atomic mass is 9.97. The minimum Gasteiger partial charge on any atom is -0.466 e. The molecular weight excluding hydrogens is 180 g/mol. The quantitative estimate of drug-likeness (QED) is 0.508. The van der Waals surface area contributed by atoms with Crippen LogP contribution in [0.4, 0.5) is 0 Å². The number of aliphatic hydroxyl groups is 1. The van der Waals surface area contributed by atoms with Crippen molar-refractivity contribution in [2.24, 2.45) is 5.92 Å². The summed E-state index contributed by atoms with van der Waals surface area (Å²) in [5.74, 6) is 0.135. The fourth-order valence-electron chi connectivity index (χ4n) is 1.23. The van der Waals surface area contributed by atoms with Crippen molar-refractivity contribution < 1.29 is 14.6 Å². The van der Waals surface area contributed by atoms with Gasteiger partial charge in [0.2, 0.25) is 0 Å². The van der Waals surface area contributed by atoms with Crippen LogP contribution in [0.5, 0.6) is 0 Å². The van der Waals surface area contributed by atoms with Crippen LogP contribution in [-0.2, 0) is 9.53 Å². The third kappa shape index (κ3) is 6.89. The van der Waals surface area contributed by atoms with E-state index in [-0.39, 0.29) is 12.1 Å². The maximum atomic E-state index is 10.4. The van der Waals surface area contributed by atoms with Crippen LogP contribution in [-0.4, -0.2) is 23.8 Å². The zero-order valence-electron chi connectivity index (χ0n) is 9.45. The second-order valence-electron chi connectivity index (χ2n) is 3.79. The highest BCUT2D eigenvalue weighted by molar-refractivity contribution is 5.65. The summed E-state index contributed by atoms with van der Waals surface area (Å²) in [5.41, 5.74) is 0. The van der Waals surface area contributed by atoms with Crippen LogP contribution >= 0.6 is 0 Å². The zero-order chi connectivity index (χ0) is 11.0. The number of aliphatic hydroxyl groups excluding tert-OH is 1. The Bertz CT molecular complexity index is 157. The van der Waals surface area contributed by atoms with Gasteiger partial charge in [-0.3, -0.25) is 4.79 Å². The van der Waals surface area contributed by atoms with Gasteiger partial charge in [-0.1, -0.05) is 20.3 Å². The van der Waals surface area contributed by atoms with Crippen LogP contribution in [0.2, 0.25) is 0 Å². The van der Waals surface area contributed by atoms with Crippen molar-refractivity contribution in [3.05, 3.63) is 0 Å². The molecule has 0 fully saturated rings. The first kappa shape index (κ1) is 13.4.